The number of thioether (sulfide) groups is 1. The maximum atomic E-state index is 12.5. The van der Waals surface area contributed by atoms with E-state index in [-0.39, 0.29) is 11.5 Å². The summed E-state index contributed by atoms with van der Waals surface area (Å²) in [5.41, 5.74) is 0.788. The molecule has 26 heavy (non-hydrogen) atoms. The fourth-order valence-electron chi connectivity index (χ4n) is 2.29. The van der Waals surface area contributed by atoms with Crippen LogP contribution in [0.3, 0.4) is 0 Å². The number of rotatable bonds is 5. The lowest BCUT2D eigenvalue weighted by Gasteiger charge is -2.11. The van der Waals surface area contributed by atoms with E-state index >= 15 is 0 Å². The van der Waals surface area contributed by atoms with Gasteiger partial charge in [-0.1, -0.05) is 6.08 Å². The quantitative estimate of drug-likeness (QED) is 0.801. The fourth-order valence-corrected chi connectivity index (χ4v) is 3.30. The first kappa shape index (κ1) is 17.8. The van der Waals surface area contributed by atoms with Crippen molar-refractivity contribution in [2.45, 2.75) is 6.92 Å². The zero-order valence-electron chi connectivity index (χ0n) is 14.0. The Morgan fingerprint density at radius 1 is 1.31 bits per heavy atom. The maximum Gasteiger partial charge on any atom is 0.335 e. The van der Waals surface area contributed by atoms with Crippen molar-refractivity contribution in [3.63, 3.8) is 0 Å². The zero-order valence-corrected chi connectivity index (χ0v) is 14.8. The number of aliphatic imine (C=N–C) groups is 1. The second kappa shape index (κ2) is 7.88. The van der Waals surface area contributed by atoms with Gasteiger partial charge in [0.25, 0.3) is 5.91 Å². The summed E-state index contributed by atoms with van der Waals surface area (Å²) in [5, 5.41) is 9.51. The van der Waals surface area contributed by atoms with Crippen molar-refractivity contribution >= 4 is 40.6 Å². The molecule has 1 saturated heterocycles. The third kappa shape index (κ3) is 3.94. The molecule has 0 unspecified atom stereocenters. The Morgan fingerprint density at radius 3 is 2.69 bits per heavy atom. The summed E-state index contributed by atoms with van der Waals surface area (Å²) in [6.45, 7) is 2.38. The number of hydrogen-bond acceptors (Lipinski definition) is 5. The van der Waals surface area contributed by atoms with Crippen LogP contribution in [0.2, 0.25) is 0 Å². The van der Waals surface area contributed by atoms with Gasteiger partial charge in [-0.25, -0.2) is 9.79 Å². The molecule has 1 aromatic heterocycles. The number of amides is 1. The molecule has 0 spiro atoms. The molecule has 2 aromatic rings. The summed E-state index contributed by atoms with van der Waals surface area (Å²) in [6, 6.07) is 9.83. The summed E-state index contributed by atoms with van der Waals surface area (Å²) >= 11 is 1.28. The number of carbonyl (C=O) groups is 2. The number of aromatic carboxylic acids is 1. The third-order valence-corrected chi connectivity index (χ3v) is 4.62. The Bertz CT molecular complexity index is 896. The number of hydrogen-bond donors (Lipinski definition) is 1. The molecule has 6 nitrogen and oxygen atoms in total. The van der Waals surface area contributed by atoms with Crippen LogP contribution < -0.4 is 0 Å². The maximum absolute atomic E-state index is 12.5. The first-order valence-electron chi connectivity index (χ1n) is 7.92. The summed E-state index contributed by atoms with van der Waals surface area (Å²) in [4.78, 5) is 30.0. The van der Waals surface area contributed by atoms with Crippen LogP contribution in [0.15, 0.2) is 69.1 Å². The third-order valence-electron chi connectivity index (χ3n) is 3.59. The molecule has 1 amide bonds. The standard InChI is InChI=1S/C19H16N2O4S/c1-2-21-17(22)16(7-3-5-15-6-4-12-25-15)26-19(21)20-14-10-8-13(9-11-14)18(23)24/h3-12H,2H2,1H3,(H,23,24)/b5-3+,16-7-,20-19?. The van der Waals surface area contributed by atoms with Gasteiger partial charge in [0.05, 0.1) is 22.4 Å². The SMILES string of the molecule is CCN1C(=O)/C(=C/C=C/c2ccco2)SC1=Nc1ccc(C(=O)O)cc1. The van der Waals surface area contributed by atoms with Gasteiger partial charge in [0.15, 0.2) is 5.17 Å². The van der Waals surface area contributed by atoms with Gasteiger partial charge in [0.1, 0.15) is 5.76 Å². The van der Waals surface area contributed by atoms with E-state index in [1.165, 1.54) is 23.9 Å². The smallest absolute Gasteiger partial charge is 0.335 e. The summed E-state index contributed by atoms with van der Waals surface area (Å²) < 4.78 is 5.21. The van der Waals surface area contributed by atoms with Crippen LogP contribution in [-0.4, -0.2) is 33.6 Å². The van der Waals surface area contributed by atoms with Crippen LogP contribution in [0, 0.1) is 0 Å². The molecule has 2 heterocycles. The van der Waals surface area contributed by atoms with Crippen LogP contribution >= 0.6 is 11.8 Å². The Hall–Kier alpha value is -3.06. The number of furan rings is 1. The highest BCUT2D eigenvalue weighted by molar-refractivity contribution is 8.18. The van der Waals surface area contributed by atoms with Gasteiger partial charge in [0, 0.05) is 6.54 Å². The first-order valence-corrected chi connectivity index (χ1v) is 8.73. The predicted molar refractivity (Wildman–Crippen MR) is 101 cm³/mol. The molecular formula is C19H16N2O4S. The van der Waals surface area contributed by atoms with Crippen molar-refractivity contribution in [2.75, 3.05) is 6.54 Å². The van der Waals surface area contributed by atoms with Crippen LogP contribution in [0.5, 0.6) is 0 Å². The number of carbonyl (C=O) groups excluding carboxylic acids is 1. The van der Waals surface area contributed by atoms with Crippen LogP contribution in [0.1, 0.15) is 23.0 Å². The van der Waals surface area contributed by atoms with Crippen molar-refractivity contribution in [3.05, 3.63) is 71.0 Å². The minimum atomic E-state index is -0.988. The Labute approximate surface area is 154 Å². The van der Waals surface area contributed by atoms with E-state index in [1.807, 2.05) is 13.0 Å². The Balaban J connectivity index is 1.81. The van der Waals surface area contributed by atoms with Crippen molar-refractivity contribution in [1.29, 1.82) is 0 Å². The van der Waals surface area contributed by atoms with E-state index in [4.69, 9.17) is 9.52 Å². The van der Waals surface area contributed by atoms with Gasteiger partial charge >= 0.3 is 5.97 Å². The molecule has 1 aliphatic rings. The number of carboxylic acids is 1. The van der Waals surface area contributed by atoms with Crippen LogP contribution in [0.4, 0.5) is 5.69 Å². The van der Waals surface area contributed by atoms with E-state index in [0.29, 0.717) is 28.1 Å². The van der Waals surface area contributed by atoms with Gasteiger partial charge in [-0.2, -0.15) is 0 Å². The van der Waals surface area contributed by atoms with E-state index in [2.05, 4.69) is 4.99 Å². The van der Waals surface area contributed by atoms with Gasteiger partial charge in [-0.3, -0.25) is 9.69 Å². The van der Waals surface area contributed by atoms with Gasteiger partial charge in [-0.15, -0.1) is 0 Å². The molecule has 3 rings (SSSR count). The topological polar surface area (TPSA) is 83.1 Å². The van der Waals surface area contributed by atoms with Gasteiger partial charge in [-0.05, 0) is 67.2 Å². The Kier molecular flexibility index (Phi) is 5.38. The highest BCUT2D eigenvalue weighted by Gasteiger charge is 2.31. The fraction of sp³-hybridized carbons (Fsp3) is 0.105. The van der Waals surface area contributed by atoms with Crippen LogP contribution in [0.25, 0.3) is 6.08 Å². The number of carboxylic acid groups (broad SMARTS) is 1. The molecule has 1 fully saturated rings. The highest BCUT2D eigenvalue weighted by Crippen LogP contribution is 2.32. The minimum Gasteiger partial charge on any atom is -0.478 e. The molecule has 0 radical (unpaired) electrons. The summed E-state index contributed by atoms with van der Waals surface area (Å²) in [7, 11) is 0. The number of likely N-dealkylation sites (N-methyl/N-ethyl adjacent to an activating group) is 1. The minimum absolute atomic E-state index is 0.109. The molecular weight excluding hydrogens is 352 g/mol. The number of nitrogens with zero attached hydrogens (tertiary/aromatic N) is 2. The normalized spacial score (nSPS) is 17.7. The number of amidine groups is 1. The molecule has 0 atom stereocenters. The second-order valence-corrected chi connectivity index (χ2v) is 6.31. The molecule has 1 N–H and O–H groups in total. The molecule has 0 saturated carbocycles. The predicted octanol–water partition coefficient (Wildman–Crippen LogP) is 4.16. The van der Waals surface area contributed by atoms with E-state index in [9.17, 15) is 9.59 Å². The van der Waals surface area contributed by atoms with Gasteiger partial charge < -0.3 is 9.52 Å². The van der Waals surface area contributed by atoms with Crippen molar-refractivity contribution in [1.82, 2.24) is 4.90 Å². The van der Waals surface area contributed by atoms with E-state index in [1.54, 1.807) is 47.6 Å². The molecule has 7 heteroatoms. The molecule has 0 aliphatic carbocycles. The monoisotopic (exact) mass is 368 g/mol. The van der Waals surface area contributed by atoms with Crippen molar-refractivity contribution in [2.24, 2.45) is 4.99 Å². The number of benzene rings is 1. The molecule has 1 aromatic carbocycles. The second-order valence-electron chi connectivity index (χ2n) is 5.30. The van der Waals surface area contributed by atoms with Crippen molar-refractivity contribution < 1.29 is 19.1 Å². The largest absolute Gasteiger partial charge is 0.478 e. The number of allylic oxidation sites excluding steroid dienone is 2. The zero-order chi connectivity index (χ0) is 18.5. The summed E-state index contributed by atoms with van der Waals surface area (Å²) in [5.74, 6) is -0.391. The van der Waals surface area contributed by atoms with Crippen molar-refractivity contribution in [3.8, 4) is 0 Å². The highest BCUT2D eigenvalue weighted by atomic mass is 32.2. The average Bonchev–Trinajstić information content (AvgIpc) is 3.24. The lowest BCUT2D eigenvalue weighted by atomic mass is 10.2. The lowest BCUT2D eigenvalue weighted by Crippen LogP contribution is -2.28. The van der Waals surface area contributed by atoms with Gasteiger partial charge in [0.2, 0.25) is 0 Å². The molecule has 1 aliphatic heterocycles. The lowest BCUT2D eigenvalue weighted by molar-refractivity contribution is -0.122. The summed E-state index contributed by atoms with van der Waals surface area (Å²) in [6.07, 6.45) is 6.85. The van der Waals surface area contributed by atoms with Crippen LogP contribution in [-0.2, 0) is 4.79 Å². The average molecular weight is 368 g/mol. The van der Waals surface area contributed by atoms with E-state index in [0.717, 1.165) is 0 Å². The molecule has 0 bridgehead atoms. The first-order chi connectivity index (χ1) is 12.6. The Morgan fingerprint density at radius 2 is 2.08 bits per heavy atom. The molecule has 132 valence electrons. The van der Waals surface area contributed by atoms with E-state index < -0.39 is 5.97 Å².